The molecule has 0 aromatic heterocycles. The van der Waals surface area contributed by atoms with Gasteiger partial charge in [-0.1, -0.05) is 6.08 Å². The van der Waals surface area contributed by atoms with Crippen molar-refractivity contribution in [2.45, 2.75) is 6.42 Å². The van der Waals surface area contributed by atoms with E-state index in [-0.39, 0.29) is 13.2 Å². The van der Waals surface area contributed by atoms with Gasteiger partial charge in [0.05, 0.1) is 19.8 Å². The molecule has 2 N–H and O–H groups in total. The lowest BCUT2D eigenvalue weighted by atomic mass is 10.4. The first-order chi connectivity index (χ1) is 6.85. The van der Waals surface area contributed by atoms with E-state index in [0.29, 0.717) is 26.3 Å². The van der Waals surface area contributed by atoms with E-state index in [9.17, 15) is 0 Å². The molecule has 0 aliphatic rings. The lowest BCUT2D eigenvalue weighted by molar-refractivity contribution is 0.125. The van der Waals surface area contributed by atoms with E-state index in [1.54, 1.807) is 6.08 Å². The smallest absolute Gasteiger partial charge is 0.0644 e. The lowest BCUT2D eigenvalue weighted by Gasteiger charge is -2.19. The summed E-state index contributed by atoms with van der Waals surface area (Å²) >= 11 is 0. The molecule has 0 aromatic rings. The van der Waals surface area contributed by atoms with Crippen LogP contribution in [-0.4, -0.2) is 61.2 Å². The molecule has 0 fully saturated rings. The van der Waals surface area contributed by atoms with Crippen molar-refractivity contribution < 1.29 is 14.9 Å². The number of rotatable bonds is 10. The predicted molar refractivity (Wildman–Crippen MR) is 56.2 cm³/mol. The predicted octanol–water partition coefficient (Wildman–Crippen LogP) is -0.134. The molecule has 0 rings (SSSR count). The van der Waals surface area contributed by atoms with Crippen molar-refractivity contribution in [1.29, 1.82) is 0 Å². The van der Waals surface area contributed by atoms with Crippen LogP contribution in [0.5, 0.6) is 0 Å². The third-order valence-electron chi connectivity index (χ3n) is 1.83. The van der Waals surface area contributed by atoms with Crippen LogP contribution in [0.2, 0.25) is 0 Å². The Morgan fingerprint density at radius 1 is 1.14 bits per heavy atom. The lowest BCUT2D eigenvalue weighted by Crippen LogP contribution is -2.31. The molecule has 4 heteroatoms. The number of aliphatic hydroxyl groups is 2. The van der Waals surface area contributed by atoms with Gasteiger partial charge >= 0.3 is 0 Å². The van der Waals surface area contributed by atoms with Crippen molar-refractivity contribution in [3.63, 3.8) is 0 Å². The highest BCUT2D eigenvalue weighted by molar-refractivity contribution is 4.64. The molecule has 0 bridgehead atoms. The number of nitrogens with zero attached hydrogens (tertiary/aromatic N) is 1. The summed E-state index contributed by atoms with van der Waals surface area (Å²) in [6.45, 7) is 7.16. The molecule has 0 saturated heterocycles. The molecule has 4 nitrogen and oxygen atoms in total. The van der Waals surface area contributed by atoms with Gasteiger partial charge in [0, 0.05) is 26.2 Å². The van der Waals surface area contributed by atoms with Crippen LogP contribution in [0.3, 0.4) is 0 Å². The Balaban J connectivity index is 3.34. The van der Waals surface area contributed by atoms with E-state index in [4.69, 9.17) is 14.9 Å². The topological polar surface area (TPSA) is 52.9 Å². The Labute approximate surface area is 85.8 Å². The minimum absolute atomic E-state index is 0.132. The molecule has 0 heterocycles. The summed E-state index contributed by atoms with van der Waals surface area (Å²) in [4.78, 5) is 2.01. The van der Waals surface area contributed by atoms with Crippen LogP contribution in [0.1, 0.15) is 6.42 Å². The maximum absolute atomic E-state index is 8.74. The van der Waals surface area contributed by atoms with Crippen LogP contribution in [-0.2, 0) is 4.74 Å². The largest absolute Gasteiger partial charge is 0.395 e. The Morgan fingerprint density at radius 2 is 1.79 bits per heavy atom. The molecular weight excluding hydrogens is 182 g/mol. The number of hydrogen-bond donors (Lipinski definition) is 2. The fourth-order valence-corrected chi connectivity index (χ4v) is 1.18. The molecule has 0 radical (unpaired) electrons. The highest BCUT2D eigenvalue weighted by Crippen LogP contribution is 1.91. The zero-order valence-electron chi connectivity index (χ0n) is 8.69. The van der Waals surface area contributed by atoms with Gasteiger partial charge in [-0.15, -0.1) is 6.58 Å². The van der Waals surface area contributed by atoms with Gasteiger partial charge in [0.1, 0.15) is 0 Å². The molecule has 0 spiro atoms. The molecule has 0 unspecified atom stereocenters. The van der Waals surface area contributed by atoms with Gasteiger partial charge in [-0.05, 0) is 6.42 Å². The molecule has 0 aliphatic heterocycles. The highest BCUT2D eigenvalue weighted by atomic mass is 16.5. The van der Waals surface area contributed by atoms with Crippen LogP contribution in [0.15, 0.2) is 12.7 Å². The van der Waals surface area contributed by atoms with E-state index >= 15 is 0 Å². The van der Waals surface area contributed by atoms with Crippen molar-refractivity contribution in [1.82, 2.24) is 4.90 Å². The minimum atomic E-state index is 0.132. The SMILES string of the molecule is C=CCOCCCN(CCO)CCO. The van der Waals surface area contributed by atoms with Crippen molar-refractivity contribution in [3.8, 4) is 0 Å². The molecule has 0 saturated carbocycles. The first kappa shape index (κ1) is 13.6. The van der Waals surface area contributed by atoms with Crippen molar-refractivity contribution in [2.24, 2.45) is 0 Å². The summed E-state index contributed by atoms with van der Waals surface area (Å²) in [6, 6.07) is 0. The van der Waals surface area contributed by atoms with Gasteiger partial charge in [-0.2, -0.15) is 0 Å². The third-order valence-corrected chi connectivity index (χ3v) is 1.83. The quantitative estimate of drug-likeness (QED) is 0.383. The average molecular weight is 203 g/mol. The summed E-state index contributed by atoms with van der Waals surface area (Å²) in [5.74, 6) is 0. The standard InChI is InChI=1S/C10H21NO3/c1-2-9-14-10-3-4-11(5-7-12)6-8-13/h2,12-13H,1,3-10H2. The maximum atomic E-state index is 8.74. The van der Waals surface area contributed by atoms with E-state index in [1.165, 1.54) is 0 Å². The van der Waals surface area contributed by atoms with Crippen molar-refractivity contribution >= 4 is 0 Å². The average Bonchev–Trinajstić information content (AvgIpc) is 2.18. The summed E-state index contributed by atoms with van der Waals surface area (Å²) in [7, 11) is 0. The van der Waals surface area contributed by atoms with Crippen LogP contribution in [0.4, 0.5) is 0 Å². The van der Waals surface area contributed by atoms with Crippen LogP contribution >= 0.6 is 0 Å². The summed E-state index contributed by atoms with van der Waals surface area (Å²) < 4.78 is 5.22. The molecule has 0 aliphatic carbocycles. The second-order valence-electron chi connectivity index (χ2n) is 3.01. The van der Waals surface area contributed by atoms with Gasteiger partial charge in [-0.25, -0.2) is 0 Å². The Morgan fingerprint density at radius 3 is 2.29 bits per heavy atom. The van der Waals surface area contributed by atoms with Crippen LogP contribution < -0.4 is 0 Å². The summed E-state index contributed by atoms with van der Waals surface area (Å²) in [6.07, 6.45) is 2.63. The van der Waals surface area contributed by atoms with Gasteiger partial charge in [0.15, 0.2) is 0 Å². The van der Waals surface area contributed by atoms with E-state index in [1.807, 2.05) is 4.90 Å². The van der Waals surface area contributed by atoms with Gasteiger partial charge in [0.2, 0.25) is 0 Å². The number of ether oxygens (including phenoxy) is 1. The van der Waals surface area contributed by atoms with Crippen molar-refractivity contribution in [2.75, 3.05) is 46.1 Å². The third kappa shape index (κ3) is 8.19. The Hall–Kier alpha value is -0.420. The zero-order valence-corrected chi connectivity index (χ0v) is 8.69. The van der Waals surface area contributed by atoms with Gasteiger partial charge in [-0.3, -0.25) is 4.90 Å². The fraction of sp³-hybridized carbons (Fsp3) is 0.800. The monoisotopic (exact) mass is 203 g/mol. The van der Waals surface area contributed by atoms with Gasteiger partial charge < -0.3 is 14.9 Å². The van der Waals surface area contributed by atoms with Gasteiger partial charge in [0.25, 0.3) is 0 Å². The molecule has 84 valence electrons. The zero-order chi connectivity index (χ0) is 10.6. The molecule has 14 heavy (non-hydrogen) atoms. The maximum Gasteiger partial charge on any atom is 0.0644 e. The normalized spacial score (nSPS) is 10.8. The van der Waals surface area contributed by atoms with Crippen LogP contribution in [0, 0.1) is 0 Å². The van der Waals surface area contributed by atoms with E-state index < -0.39 is 0 Å². The second-order valence-corrected chi connectivity index (χ2v) is 3.01. The van der Waals surface area contributed by atoms with E-state index in [2.05, 4.69) is 6.58 Å². The Bertz CT molecular complexity index is 125. The number of aliphatic hydroxyl groups excluding tert-OH is 2. The minimum Gasteiger partial charge on any atom is -0.395 e. The van der Waals surface area contributed by atoms with E-state index in [0.717, 1.165) is 13.0 Å². The van der Waals surface area contributed by atoms with Crippen molar-refractivity contribution in [3.05, 3.63) is 12.7 Å². The molecule has 0 atom stereocenters. The van der Waals surface area contributed by atoms with Crippen LogP contribution in [0.25, 0.3) is 0 Å². The summed E-state index contributed by atoms with van der Waals surface area (Å²) in [5.41, 5.74) is 0. The second kappa shape index (κ2) is 10.7. The summed E-state index contributed by atoms with van der Waals surface area (Å²) in [5, 5.41) is 17.5. The molecule has 0 aromatic carbocycles. The number of hydrogen-bond acceptors (Lipinski definition) is 4. The first-order valence-corrected chi connectivity index (χ1v) is 4.97. The first-order valence-electron chi connectivity index (χ1n) is 4.97. The molecule has 0 amide bonds. The Kier molecular flexibility index (Phi) is 10.3. The molecular formula is C10H21NO3. The highest BCUT2D eigenvalue weighted by Gasteiger charge is 2.02. The fourth-order valence-electron chi connectivity index (χ4n) is 1.18.